The molecule has 34 heavy (non-hydrogen) atoms. The summed E-state index contributed by atoms with van der Waals surface area (Å²) >= 11 is 6.12. The third kappa shape index (κ3) is 5.46. The number of hydrogen-bond acceptors (Lipinski definition) is 5. The van der Waals surface area contributed by atoms with Gasteiger partial charge in [-0.2, -0.15) is 4.31 Å². The van der Waals surface area contributed by atoms with Crippen LogP contribution in [-0.4, -0.2) is 75.5 Å². The van der Waals surface area contributed by atoms with Gasteiger partial charge in [-0.1, -0.05) is 48.0 Å². The van der Waals surface area contributed by atoms with Gasteiger partial charge >= 0.3 is 0 Å². The Bertz CT molecular complexity index is 1220. The smallest absolute Gasteiger partial charge is 0.243 e. The molecule has 2 aliphatic heterocycles. The molecule has 0 N–H and O–H groups in total. The van der Waals surface area contributed by atoms with Crippen LogP contribution in [0.3, 0.4) is 0 Å². The van der Waals surface area contributed by atoms with Crippen LogP contribution in [-0.2, 0) is 30.6 Å². The quantitative estimate of drug-likeness (QED) is 0.577. The summed E-state index contributed by atoms with van der Waals surface area (Å²) in [5, 5.41) is 0.421. The average molecular weight is 526 g/mol. The van der Waals surface area contributed by atoms with Crippen molar-refractivity contribution in [3.05, 3.63) is 65.2 Å². The Labute approximate surface area is 206 Å². The predicted molar refractivity (Wildman–Crippen MR) is 130 cm³/mol. The highest BCUT2D eigenvalue weighted by molar-refractivity contribution is 7.89. The van der Waals surface area contributed by atoms with Gasteiger partial charge in [0.2, 0.25) is 26.0 Å². The Kier molecular flexibility index (Phi) is 7.63. The van der Waals surface area contributed by atoms with E-state index in [0.29, 0.717) is 36.5 Å². The molecule has 0 atom stereocenters. The SMILES string of the molecule is O=C(C1CCN(S(=O)(=O)Cc2ccccc2Cl)CC1)N1CCN(S(=O)(=O)c2ccccc2)CC1. The standard InChI is InChI=1S/C23H28ClN3O5S2/c24-22-9-5-4-6-20(22)18-33(29,30)26-12-10-19(11-13-26)23(28)25-14-16-27(17-15-25)34(31,32)21-7-2-1-3-8-21/h1-9,19H,10-18H2. The molecule has 0 spiro atoms. The number of piperidine rings is 1. The Hall–Kier alpha value is -1.98. The minimum Gasteiger partial charge on any atom is -0.340 e. The molecular formula is C23H28ClN3O5S2. The number of piperazine rings is 1. The zero-order chi connectivity index (χ0) is 24.3. The maximum absolute atomic E-state index is 13.0. The molecule has 2 fully saturated rings. The van der Waals surface area contributed by atoms with Crippen molar-refractivity contribution in [1.29, 1.82) is 0 Å². The summed E-state index contributed by atoms with van der Waals surface area (Å²) in [7, 11) is -7.11. The van der Waals surface area contributed by atoms with Gasteiger partial charge in [-0.25, -0.2) is 21.1 Å². The van der Waals surface area contributed by atoms with Gasteiger partial charge in [0.25, 0.3) is 0 Å². The Balaban J connectivity index is 1.30. The first-order valence-electron chi connectivity index (χ1n) is 11.2. The van der Waals surface area contributed by atoms with Crippen LogP contribution in [0.1, 0.15) is 18.4 Å². The van der Waals surface area contributed by atoms with Gasteiger partial charge in [-0.3, -0.25) is 4.79 Å². The molecule has 0 saturated carbocycles. The molecule has 0 bridgehead atoms. The van der Waals surface area contributed by atoms with Crippen LogP contribution in [0, 0.1) is 5.92 Å². The molecule has 2 aliphatic rings. The molecular weight excluding hydrogens is 498 g/mol. The predicted octanol–water partition coefficient (Wildman–Crippen LogP) is 2.41. The topological polar surface area (TPSA) is 95.1 Å². The third-order valence-corrected chi connectivity index (χ3v) is 10.5. The number of rotatable bonds is 6. The fourth-order valence-electron chi connectivity index (χ4n) is 4.43. The zero-order valence-electron chi connectivity index (χ0n) is 18.7. The van der Waals surface area contributed by atoms with E-state index in [1.807, 2.05) is 0 Å². The maximum Gasteiger partial charge on any atom is 0.243 e. The molecule has 0 aromatic heterocycles. The van der Waals surface area contributed by atoms with Gasteiger partial charge in [-0.05, 0) is 36.6 Å². The van der Waals surface area contributed by atoms with Gasteiger partial charge in [0, 0.05) is 50.2 Å². The first-order chi connectivity index (χ1) is 16.2. The summed E-state index contributed by atoms with van der Waals surface area (Å²) in [6.07, 6.45) is 0.895. The van der Waals surface area contributed by atoms with E-state index in [2.05, 4.69) is 0 Å². The van der Waals surface area contributed by atoms with E-state index in [9.17, 15) is 21.6 Å². The van der Waals surface area contributed by atoms with E-state index in [1.54, 1.807) is 59.5 Å². The summed E-state index contributed by atoms with van der Waals surface area (Å²) < 4.78 is 54.1. The molecule has 1 amide bonds. The molecule has 0 radical (unpaired) electrons. The number of carbonyl (C=O) groups is 1. The molecule has 4 rings (SSSR count). The first-order valence-corrected chi connectivity index (χ1v) is 14.7. The molecule has 0 unspecified atom stereocenters. The minimum absolute atomic E-state index is 0.0279. The molecule has 184 valence electrons. The molecule has 2 aromatic carbocycles. The highest BCUT2D eigenvalue weighted by atomic mass is 35.5. The third-order valence-electron chi connectivity index (χ3n) is 6.42. The maximum atomic E-state index is 13.0. The van der Waals surface area contributed by atoms with Crippen molar-refractivity contribution in [3.63, 3.8) is 0 Å². The summed E-state index contributed by atoms with van der Waals surface area (Å²) in [5.41, 5.74) is 0.561. The fourth-order valence-corrected chi connectivity index (χ4v) is 7.75. The molecule has 8 nitrogen and oxygen atoms in total. The van der Waals surface area contributed by atoms with E-state index < -0.39 is 20.0 Å². The number of halogens is 1. The van der Waals surface area contributed by atoms with Gasteiger partial charge < -0.3 is 4.90 Å². The van der Waals surface area contributed by atoms with Crippen LogP contribution in [0.4, 0.5) is 0 Å². The van der Waals surface area contributed by atoms with Crippen molar-refractivity contribution in [3.8, 4) is 0 Å². The number of amides is 1. The van der Waals surface area contributed by atoms with Crippen molar-refractivity contribution in [2.24, 2.45) is 5.92 Å². The second-order valence-corrected chi connectivity index (χ2v) is 12.9. The Morgan fingerprint density at radius 2 is 1.38 bits per heavy atom. The average Bonchev–Trinajstić information content (AvgIpc) is 2.85. The lowest BCUT2D eigenvalue weighted by Crippen LogP contribution is -2.53. The summed E-state index contributed by atoms with van der Waals surface area (Å²) in [5.74, 6) is -0.452. The van der Waals surface area contributed by atoms with Gasteiger partial charge in [-0.15, -0.1) is 0 Å². The number of sulfonamides is 2. The molecule has 11 heteroatoms. The highest BCUT2D eigenvalue weighted by Gasteiger charge is 2.36. The lowest BCUT2D eigenvalue weighted by molar-refractivity contribution is -0.137. The van der Waals surface area contributed by atoms with Crippen LogP contribution in [0.15, 0.2) is 59.5 Å². The number of carbonyl (C=O) groups excluding carboxylic acids is 1. The van der Waals surface area contributed by atoms with Gasteiger partial charge in [0.05, 0.1) is 10.6 Å². The fraction of sp³-hybridized carbons (Fsp3) is 0.435. The highest BCUT2D eigenvalue weighted by Crippen LogP contribution is 2.26. The second kappa shape index (κ2) is 10.3. The van der Waals surface area contributed by atoms with Gasteiger partial charge in [0.1, 0.15) is 0 Å². The van der Waals surface area contributed by atoms with Crippen LogP contribution in [0.5, 0.6) is 0 Å². The van der Waals surface area contributed by atoms with Gasteiger partial charge in [0.15, 0.2) is 0 Å². The normalized spacial score (nSPS) is 19.3. The first kappa shape index (κ1) is 25.1. The lowest BCUT2D eigenvalue weighted by atomic mass is 9.96. The van der Waals surface area contributed by atoms with Crippen LogP contribution < -0.4 is 0 Å². The number of benzene rings is 2. The lowest BCUT2D eigenvalue weighted by Gasteiger charge is -2.37. The Morgan fingerprint density at radius 1 is 0.794 bits per heavy atom. The zero-order valence-corrected chi connectivity index (χ0v) is 21.1. The van der Waals surface area contributed by atoms with Crippen LogP contribution in [0.2, 0.25) is 5.02 Å². The summed E-state index contributed by atoms with van der Waals surface area (Å²) in [6, 6.07) is 15.2. The number of hydrogen-bond donors (Lipinski definition) is 0. The molecule has 2 heterocycles. The second-order valence-electron chi connectivity index (χ2n) is 8.56. The van der Waals surface area contributed by atoms with E-state index >= 15 is 0 Å². The van der Waals surface area contributed by atoms with E-state index in [0.717, 1.165) is 0 Å². The van der Waals surface area contributed by atoms with E-state index in [1.165, 1.54) is 8.61 Å². The van der Waals surface area contributed by atoms with Crippen molar-refractivity contribution in [2.75, 3.05) is 39.3 Å². The largest absolute Gasteiger partial charge is 0.340 e. The Morgan fingerprint density at radius 3 is 2.00 bits per heavy atom. The van der Waals surface area contributed by atoms with E-state index in [-0.39, 0.29) is 48.7 Å². The van der Waals surface area contributed by atoms with Crippen LogP contribution >= 0.6 is 11.6 Å². The number of nitrogens with zero attached hydrogens (tertiary/aromatic N) is 3. The minimum atomic E-state index is -3.58. The van der Waals surface area contributed by atoms with Crippen molar-refractivity contribution < 1.29 is 21.6 Å². The molecule has 2 saturated heterocycles. The molecule has 2 aromatic rings. The molecule has 0 aliphatic carbocycles. The van der Waals surface area contributed by atoms with Crippen LogP contribution in [0.25, 0.3) is 0 Å². The summed E-state index contributed by atoms with van der Waals surface area (Å²) in [4.78, 5) is 15.0. The summed E-state index contributed by atoms with van der Waals surface area (Å²) in [6.45, 7) is 1.71. The van der Waals surface area contributed by atoms with E-state index in [4.69, 9.17) is 11.6 Å². The van der Waals surface area contributed by atoms with Crippen molar-refractivity contribution in [2.45, 2.75) is 23.5 Å². The van der Waals surface area contributed by atoms with Crippen molar-refractivity contribution in [1.82, 2.24) is 13.5 Å². The van der Waals surface area contributed by atoms with Crippen molar-refractivity contribution >= 4 is 37.6 Å². The monoisotopic (exact) mass is 525 g/mol.